The molecule has 0 bridgehead atoms. The van der Waals surface area contributed by atoms with Crippen molar-refractivity contribution in [3.05, 3.63) is 72.6 Å². The average Bonchev–Trinajstić information content (AvgIpc) is 2.70. The molecule has 0 aliphatic rings. The Morgan fingerprint density at radius 1 is 1.04 bits per heavy atom. The molecule has 1 N–H and O–H groups in total. The maximum atomic E-state index is 12.4. The standard InChI is InChI=1S/C20H20N4O2/c1-3-24(17-7-5-4-6-8-17)20-21-13-15(14-22-20)19(25)23-16-9-11-18(26-2)12-10-16/h4-14H,3H2,1-2H3,(H,23,25). The van der Waals surface area contributed by atoms with Crippen LogP contribution in [-0.4, -0.2) is 29.5 Å². The summed E-state index contributed by atoms with van der Waals surface area (Å²) >= 11 is 0. The van der Waals surface area contributed by atoms with Crippen molar-refractivity contribution in [3.8, 4) is 5.75 Å². The van der Waals surface area contributed by atoms with E-state index in [0.717, 1.165) is 18.0 Å². The van der Waals surface area contributed by atoms with E-state index in [1.807, 2.05) is 42.2 Å². The van der Waals surface area contributed by atoms with Crippen molar-refractivity contribution < 1.29 is 9.53 Å². The number of ether oxygens (including phenoxy) is 1. The number of carbonyl (C=O) groups is 1. The number of aromatic nitrogens is 2. The quantitative estimate of drug-likeness (QED) is 0.732. The summed E-state index contributed by atoms with van der Waals surface area (Å²) in [5.74, 6) is 1.03. The van der Waals surface area contributed by atoms with Crippen LogP contribution in [0.15, 0.2) is 67.0 Å². The number of methoxy groups -OCH3 is 1. The zero-order valence-electron chi connectivity index (χ0n) is 14.7. The molecule has 2 aromatic carbocycles. The van der Waals surface area contributed by atoms with Crippen molar-refractivity contribution in [2.75, 3.05) is 23.9 Å². The van der Waals surface area contributed by atoms with E-state index in [2.05, 4.69) is 15.3 Å². The van der Waals surface area contributed by atoms with Crippen LogP contribution in [0.3, 0.4) is 0 Å². The topological polar surface area (TPSA) is 67.4 Å². The Morgan fingerprint density at radius 2 is 1.69 bits per heavy atom. The van der Waals surface area contributed by atoms with Crippen LogP contribution >= 0.6 is 0 Å². The Kier molecular flexibility index (Phi) is 5.43. The summed E-state index contributed by atoms with van der Waals surface area (Å²) < 4.78 is 5.10. The molecule has 6 heteroatoms. The molecule has 0 saturated heterocycles. The summed E-state index contributed by atoms with van der Waals surface area (Å²) in [5.41, 5.74) is 2.08. The fourth-order valence-corrected chi connectivity index (χ4v) is 2.50. The molecule has 0 aliphatic carbocycles. The number of hydrogen-bond acceptors (Lipinski definition) is 5. The zero-order valence-corrected chi connectivity index (χ0v) is 14.7. The van der Waals surface area contributed by atoms with Crippen LogP contribution in [0.5, 0.6) is 5.75 Å². The Morgan fingerprint density at radius 3 is 2.27 bits per heavy atom. The van der Waals surface area contributed by atoms with Crippen molar-refractivity contribution in [2.45, 2.75) is 6.92 Å². The van der Waals surface area contributed by atoms with Crippen LogP contribution in [0.4, 0.5) is 17.3 Å². The number of amides is 1. The van der Waals surface area contributed by atoms with Gasteiger partial charge in [0.05, 0.1) is 12.7 Å². The highest BCUT2D eigenvalue weighted by Gasteiger charge is 2.12. The van der Waals surface area contributed by atoms with Gasteiger partial charge in [0, 0.05) is 30.3 Å². The lowest BCUT2D eigenvalue weighted by molar-refractivity contribution is 0.102. The van der Waals surface area contributed by atoms with E-state index in [1.165, 1.54) is 12.4 Å². The van der Waals surface area contributed by atoms with Gasteiger partial charge in [-0.05, 0) is 43.3 Å². The first-order valence-electron chi connectivity index (χ1n) is 8.31. The van der Waals surface area contributed by atoms with Gasteiger partial charge in [0.2, 0.25) is 5.95 Å². The molecule has 6 nitrogen and oxygen atoms in total. The summed E-state index contributed by atoms with van der Waals surface area (Å²) in [6.45, 7) is 2.75. The second kappa shape index (κ2) is 8.11. The van der Waals surface area contributed by atoms with E-state index >= 15 is 0 Å². The van der Waals surface area contributed by atoms with Gasteiger partial charge in [-0.2, -0.15) is 0 Å². The highest BCUT2D eigenvalue weighted by Crippen LogP contribution is 2.21. The van der Waals surface area contributed by atoms with Crippen LogP contribution in [0.2, 0.25) is 0 Å². The monoisotopic (exact) mass is 348 g/mol. The van der Waals surface area contributed by atoms with E-state index in [9.17, 15) is 4.79 Å². The lowest BCUT2D eigenvalue weighted by Gasteiger charge is -2.20. The summed E-state index contributed by atoms with van der Waals surface area (Å²) in [6.07, 6.45) is 3.07. The minimum atomic E-state index is -0.260. The minimum absolute atomic E-state index is 0.260. The lowest BCUT2D eigenvalue weighted by atomic mass is 10.2. The summed E-state index contributed by atoms with van der Waals surface area (Å²) in [4.78, 5) is 23.0. The third kappa shape index (κ3) is 3.97. The van der Waals surface area contributed by atoms with E-state index in [4.69, 9.17) is 4.74 Å². The smallest absolute Gasteiger partial charge is 0.258 e. The number of nitrogens with zero attached hydrogens (tertiary/aromatic N) is 3. The molecule has 1 amide bonds. The van der Waals surface area contributed by atoms with E-state index in [0.29, 0.717) is 17.2 Å². The van der Waals surface area contributed by atoms with Crippen LogP contribution in [-0.2, 0) is 0 Å². The predicted octanol–water partition coefficient (Wildman–Crippen LogP) is 3.90. The molecule has 0 unspecified atom stereocenters. The van der Waals surface area contributed by atoms with Gasteiger partial charge in [-0.25, -0.2) is 9.97 Å². The number of rotatable bonds is 6. The summed E-state index contributed by atoms with van der Waals surface area (Å²) in [7, 11) is 1.60. The minimum Gasteiger partial charge on any atom is -0.497 e. The van der Waals surface area contributed by atoms with Crippen LogP contribution < -0.4 is 15.0 Å². The van der Waals surface area contributed by atoms with Crippen molar-refractivity contribution in [1.29, 1.82) is 0 Å². The molecule has 1 aromatic heterocycles. The van der Waals surface area contributed by atoms with Gasteiger partial charge < -0.3 is 15.0 Å². The molecule has 0 radical (unpaired) electrons. The first-order chi connectivity index (χ1) is 12.7. The maximum Gasteiger partial charge on any atom is 0.258 e. The Balaban J connectivity index is 1.72. The normalized spacial score (nSPS) is 10.2. The maximum absolute atomic E-state index is 12.4. The molecule has 0 aliphatic heterocycles. The molecule has 0 fully saturated rings. The molecule has 0 spiro atoms. The second-order valence-electron chi connectivity index (χ2n) is 5.53. The van der Waals surface area contributed by atoms with E-state index in [1.54, 1.807) is 31.4 Å². The van der Waals surface area contributed by atoms with E-state index in [-0.39, 0.29) is 5.91 Å². The van der Waals surface area contributed by atoms with Gasteiger partial charge in [-0.1, -0.05) is 18.2 Å². The molecule has 3 aromatic rings. The first-order valence-corrected chi connectivity index (χ1v) is 8.31. The van der Waals surface area contributed by atoms with Gasteiger partial charge in [0.25, 0.3) is 5.91 Å². The molecular formula is C20H20N4O2. The molecule has 26 heavy (non-hydrogen) atoms. The highest BCUT2D eigenvalue weighted by molar-refractivity contribution is 6.03. The lowest BCUT2D eigenvalue weighted by Crippen LogP contribution is -2.19. The predicted molar refractivity (Wildman–Crippen MR) is 102 cm³/mol. The number of para-hydroxylation sites is 1. The molecule has 3 rings (SSSR count). The van der Waals surface area contributed by atoms with Gasteiger partial charge in [-0.15, -0.1) is 0 Å². The van der Waals surface area contributed by atoms with Crippen LogP contribution in [0.25, 0.3) is 0 Å². The molecule has 132 valence electrons. The molecule has 0 saturated carbocycles. The number of anilines is 3. The van der Waals surface area contributed by atoms with Crippen molar-refractivity contribution in [2.24, 2.45) is 0 Å². The van der Waals surface area contributed by atoms with Gasteiger partial charge in [0.1, 0.15) is 5.75 Å². The number of hydrogen-bond donors (Lipinski definition) is 1. The van der Waals surface area contributed by atoms with Crippen molar-refractivity contribution in [1.82, 2.24) is 9.97 Å². The fourth-order valence-electron chi connectivity index (χ4n) is 2.50. The Hall–Kier alpha value is -3.41. The SMILES string of the molecule is CCN(c1ccccc1)c1ncc(C(=O)Nc2ccc(OC)cc2)cn1. The number of carbonyl (C=O) groups excluding carboxylic acids is 1. The van der Waals surface area contributed by atoms with Crippen LogP contribution in [0.1, 0.15) is 17.3 Å². The average molecular weight is 348 g/mol. The fraction of sp³-hybridized carbons (Fsp3) is 0.150. The third-order valence-electron chi connectivity index (χ3n) is 3.87. The number of nitrogens with one attached hydrogen (secondary N) is 1. The van der Waals surface area contributed by atoms with Crippen LogP contribution in [0, 0.1) is 0 Å². The summed E-state index contributed by atoms with van der Waals surface area (Å²) in [5, 5.41) is 2.82. The highest BCUT2D eigenvalue weighted by atomic mass is 16.5. The molecule has 1 heterocycles. The van der Waals surface area contributed by atoms with Crippen molar-refractivity contribution in [3.63, 3.8) is 0 Å². The Labute approximate surface area is 152 Å². The van der Waals surface area contributed by atoms with Gasteiger partial charge in [0.15, 0.2) is 0 Å². The zero-order chi connectivity index (χ0) is 18.4. The molecule has 0 atom stereocenters. The third-order valence-corrected chi connectivity index (χ3v) is 3.87. The van der Waals surface area contributed by atoms with Gasteiger partial charge in [-0.3, -0.25) is 4.79 Å². The summed E-state index contributed by atoms with van der Waals surface area (Å²) in [6, 6.07) is 17.0. The van der Waals surface area contributed by atoms with E-state index < -0.39 is 0 Å². The first kappa shape index (κ1) is 17.4. The van der Waals surface area contributed by atoms with Crippen molar-refractivity contribution >= 4 is 23.2 Å². The Bertz CT molecular complexity index is 849. The second-order valence-corrected chi connectivity index (χ2v) is 5.53. The largest absolute Gasteiger partial charge is 0.497 e. The van der Waals surface area contributed by atoms with Gasteiger partial charge >= 0.3 is 0 Å². The molecular weight excluding hydrogens is 328 g/mol. The number of benzene rings is 2.